The smallest absolute Gasteiger partial charge is 0.387 e. The summed E-state index contributed by atoms with van der Waals surface area (Å²) in [6.07, 6.45) is 0.415. The molecule has 0 aliphatic carbocycles. The maximum absolute atomic E-state index is 12.1. The van der Waals surface area contributed by atoms with Crippen LogP contribution >= 0.6 is 0 Å². The van der Waals surface area contributed by atoms with E-state index in [-0.39, 0.29) is 42.5 Å². The fraction of sp³-hybridized carbons (Fsp3) is 0.238. The minimum atomic E-state index is -2.95. The lowest BCUT2D eigenvalue weighted by Gasteiger charge is -2.13. The predicted octanol–water partition coefficient (Wildman–Crippen LogP) is 2.73. The lowest BCUT2D eigenvalue weighted by atomic mass is 10.1. The van der Waals surface area contributed by atoms with Crippen LogP contribution in [0.5, 0.6) is 5.75 Å². The van der Waals surface area contributed by atoms with Gasteiger partial charge in [-0.15, -0.1) is 0 Å². The zero-order valence-electron chi connectivity index (χ0n) is 16.2. The molecule has 1 saturated heterocycles. The molecule has 31 heavy (non-hydrogen) atoms. The molecule has 1 fully saturated rings. The van der Waals surface area contributed by atoms with Crippen LogP contribution in [0, 0.1) is 0 Å². The van der Waals surface area contributed by atoms with Crippen LogP contribution in [-0.4, -0.2) is 41.8 Å². The van der Waals surface area contributed by atoms with E-state index < -0.39 is 25.1 Å². The molecule has 2 aromatic carbocycles. The fourth-order valence-corrected chi connectivity index (χ4v) is 2.86. The van der Waals surface area contributed by atoms with Crippen molar-refractivity contribution < 1.29 is 37.4 Å². The molecule has 0 atom stereocenters. The number of likely N-dealkylation sites (tertiary alicyclic amines) is 1. The van der Waals surface area contributed by atoms with Crippen LogP contribution in [0.15, 0.2) is 48.5 Å². The van der Waals surface area contributed by atoms with E-state index in [1.54, 1.807) is 12.1 Å². The Balaban J connectivity index is 1.47. The number of imide groups is 1. The van der Waals surface area contributed by atoms with Crippen LogP contribution in [-0.2, 0) is 25.7 Å². The number of ether oxygens (including phenoxy) is 2. The number of carbonyl (C=O) groups is 4. The summed E-state index contributed by atoms with van der Waals surface area (Å²) in [6.45, 7) is -3.36. The van der Waals surface area contributed by atoms with Gasteiger partial charge < -0.3 is 14.8 Å². The first kappa shape index (κ1) is 21.9. The van der Waals surface area contributed by atoms with Gasteiger partial charge in [0.25, 0.3) is 5.91 Å². The third kappa shape index (κ3) is 6.08. The molecule has 0 saturated carbocycles. The van der Waals surface area contributed by atoms with Gasteiger partial charge in [0, 0.05) is 18.5 Å². The van der Waals surface area contributed by atoms with Gasteiger partial charge >= 0.3 is 12.6 Å². The number of halogens is 2. The molecule has 3 rings (SSSR count). The Kier molecular flexibility index (Phi) is 6.91. The van der Waals surface area contributed by atoms with Crippen molar-refractivity contribution >= 4 is 29.4 Å². The highest BCUT2D eigenvalue weighted by Crippen LogP contribution is 2.18. The first-order valence-corrected chi connectivity index (χ1v) is 9.26. The summed E-state index contributed by atoms with van der Waals surface area (Å²) in [7, 11) is 0. The van der Waals surface area contributed by atoms with Gasteiger partial charge in [0.05, 0.1) is 12.1 Å². The summed E-state index contributed by atoms with van der Waals surface area (Å²) in [4.78, 5) is 48.5. The molecule has 1 aliphatic heterocycles. The van der Waals surface area contributed by atoms with Crippen LogP contribution in [0.3, 0.4) is 0 Å². The van der Waals surface area contributed by atoms with Gasteiger partial charge in [0.2, 0.25) is 11.8 Å². The second kappa shape index (κ2) is 9.79. The second-order valence-electron chi connectivity index (χ2n) is 6.60. The molecule has 1 heterocycles. The Morgan fingerprint density at radius 2 is 1.58 bits per heavy atom. The number of amides is 3. The normalized spacial score (nSPS) is 13.5. The average molecular weight is 432 g/mol. The Labute approximate surface area is 175 Å². The molecule has 2 aromatic rings. The van der Waals surface area contributed by atoms with Crippen LogP contribution in [0.2, 0.25) is 0 Å². The van der Waals surface area contributed by atoms with Gasteiger partial charge in [-0.2, -0.15) is 8.78 Å². The first-order valence-electron chi connectivity index (χ1n) is 9.26. The summed E-state index contributed by atoms with van der Waals surface area (Å²) in [6, 6.07) is 11.4. The number of carbonyl (C=O) groups excluding carboxylic acids is 4. The number of esters is 1. The van der Waals surface area contributed by atoms with Gasteiger partial charge in [-0.05, 0) is 42.0 Å². The molecule has 0 unspecified atom stereocenters. The molecule has 0 radical (unpaired) electrons. The van der Waals surface area contributed by atoms with Crippen molar-refractivity contribution in [1.29, 1.82) is 0 Å². The quantitative estimate of drug-likeness (QED) is 0.508. The minimum absolute atomic E-state index is 0.0543. The summed E-state index contributed by atoms with van der Waals surface area (Å²) < 4.78 is 33.4. The van der Waals surface area contributed by atoms with E-state index in [2.05, 4.69) is 10.1 Å². The molecule has 10 heteroatoms. The molecular weight excluding hydrogens is 414 g/mol. The van der Waals surface area contributed by atoms with E-state index in [9.17, 15) is 28.0 Å². The second-order valence-corrected chi connectivity index (χ2v) is 6.60. The standard InChI is InChI=1S/C21H18F2N2O6/c22-21(23)31-16-7-5-15(6-8-16)24-17(26)12-30-20(29)14-3-1-13(2-4-14)11-25-18(27)9-10-19(25)28/h1-8,21H,9-12H2,(H,24,26). The minimum Gasteiger partial charge on any atom is -0.452 e. The van der Waals surface area contributed by atoms with E-state index in [1.807, 2.05) is 0 Å². The number of hydrogen-bond donors (Lipinski definition) is 1. The monoisotopic (exact) mass is 432 g/mol. The van der Waals surface area contributed by atoms with Crippen LogP contribution in [0.4, 0.5) is 14.5 Å². The van der Waals surface area contributed by atoms with Crippen molar-refractivity contribution in [3.05, 3.63) is 59.7 Å². The summed E-state index contributed by atoms with van der Waals surface area (Å²) >= 11 is 0. The lowest BCUT2D eigenvalue weighted by Crippen LogP contribution is -2.28. The molecule has 1 aliphatic rings. The topological polar surface area (TPSA) is 102 Å². The number of anilines is 1. The number of nitrogens with one attached hydrogen (secondary N) is 1. The van der Waals surface area contributed by atoms with E-state index >= 15 is 0 Å². The lowest BCUT2D eigenvalue weighted by molar-refractivity contribution is -0.139. The molecule has 162 valence electrons. The van der Waals surface area contributed by atoms with Gasteiger partial charge in [-0.1, -0.05) is 12.1 Å². The summed E-state index contributed by atoms with van der Waals surface area (Å²) in [5.74, 6) is -1.85. The van der Waals surface area contributed by atoms with E-state index in [1.165, 1.54) is 41.3 Å². The van der Waals surface area contributed by atoms with Crippen molar-refractivity contribution in [3.63, 3.8) is 0 Å². The third-order valence-electron chi connectivity index (χ3n) is 4.38. The van der Waals surface area contributed by atoms with Crippen molar-refractivity contribution in [2.75, 3.05) is 11.9 Å². The molecule has 3 amide bonds. The molecule has 1 N–H and O–H groups in total. The zero-order chi connectivity index (χ0) is 22.4. The number of hydrogen-bond acceptors (Lipinski definition) is 6. The Morgan fingerprint density at radius 3 is 2.16 bits per heavy atom. The predicted molar refractivity (Wildman–Crippen MR) is 103 cm³/mol. The maximum atomic E-state index is 12.1. The summed E-state index contributed by atoms with van der Waals surface area (Å²) in [5.41, 5.74) is 1.19. The highest BCUT2D eigenvalue weighted by molar-refractivity contribution is 6.01. The van der Waals surface area contributed by atoms with Crippen molar-refractivity contribution in [2.45, 2.75) is 26.0 Å². The van der Waals surface area contributed by atoms with Gasteiger partial charge in [0.15, 0.2) is 6.61 Å². The number of benzene rings is 2. The van der Waals surface area contributed by atoms with Gasteiger partial charge in [0.1, 0.15) is 5.75 Å². The van der Waals surface area contributed by atoms with E-state index in [4.69, 9.17) is 4.74 Å². The maximum Gasteiger partial charge on any atom is 0.387 e. The van der Waals surface area contributed by atoms with Crippen molar-refractivity contribution in [1.82, 2.24) is 4.90 Å². The first-order chi connectivity index (χ1) is 14.8. The fourth-order valence-electron chi connectivity index (χ4n) is 2.86. The van der Waals surface area contributed by atoms with Crippen molar-refractivity contribution in [3.8, 4) is 5.75 Å². The van der Waals surface area contributed by atoms with Crippen LogP contribution in [0.25, 0.3) is 0 Å². The largest absolute Gasteiger partial charge is 0.452 e. The molecular formula is C21H18F2N2O6. The van der Waals surface area contributed by atoms with E-state index in [0.717, 1.165) is 0 Å². The molecule has 0 aromatic heterocycles. The third-order valence-corrected chi connectivity index (χ3v) is 4.38. The van der Waals surface area contributed by atoms with Gasteiger partial charge in [-0.3, -0.25) is 19.3 Å². The highest BCUT2D eigenvalue weighted by Gasteiger charge is 2.28. The Hall–Kier alpha value is -3.82. The highest BCUT2D eigenvalue weighted by atomic mass is 19.3. The van der Waals surface area contributed by atoms with Crippen LogP contribution < -0.4 is 10.1 Å². The molecule has 0 bridgehead atoms. The molecule has 8 nitrogen and oxygen atoms in total. The summed E-state index contributed by atoms with van der Waals surface area (Å²) in [5, 5.41) is 2.46. The number of nitrogens with zero attached hydrogens (tertiary/aromatic N) is 1. The van der Waals surface area contributed by atoms with Crippen LogP contribution in [0.1, 0.15) is 28.8 Å². The Morgan fingerprint density at radius 1 is 0.968 bits per heavy atom. The average Bonchev–Trinajstić information content (AvgIpc) is 3.05. The Bertz CT molecular complexity index is 960. The molecule has 0 spiro atoms. The number of rotatable bonds is 8. The zero-order valence-corrected chi connectivity index (χ0v) is 16.2. The SMILES string of the molecule is O=C(COC(=O)c1ccc(CN2C(=O)CCC2=O)cc1)Nc1ccc(OC(F)F)cc1. The number of alkyl halides is 2. The van der Waals surface area contributed by atoms with Gasteiger partial charge in [-0.25, -0.2) is 4.79 Å². The van der Waals surface area contributed by atoms with Crippen molar-refractivity contribution in [2.24, 2.45) is 0 Å². The van der Waals surface area contributed by atoms with E-state index in [0.29, 0.717) is 11.3 Å².